The van der Waals surface area contributed by atoms with E-state index < -0.39 is 18.5 Å². The molecule has 30 heavy (non-hydrogen) atoms. The monoisotopic (exact) mass is 493 g/mol. The van der Waals surface area contributed by atoms with Crippen molar-refractivity contribution in [3.63, 3.8) is 0 Å². The molecule has 2 aromatic rings. The minimum Gasteiger partial charge on any atom is -0.326 e. The van der Waals surface area contributed by atoms with Gasteiger partial charge in [-0.1, -0.05) is 35.3 Å². The molecule has 0 aromatic heterocycles. The Morgan fingerprint density at radius 3 is 2.80 bits per heavy atom. The van der Waals surface area contributed by atoms with E-state index in [4.69, 9.17) is 28.1 Å². The molecule has 1 aliphatic rings. The summed E-state index contributed by atoms with van der Waals surface area (Å²) in [5, 5.41) is 1.17. The fraction of sp³-hybridized carbons (Fsp3) is 0.333. The Bertz CT molecular complexity index is 1050. The molecule has 1 aliphatic heterocycles. The number of fused-ring (bicyclic) bond motifs is 1. The van der Waals surface area contributed by atoms with Crippen LogP contribution in [0.3, 0.4) is 0 Å². The van der Waals surface area contributed by atoms with Gasteiger partial charge in [-0.25, -0.2) is 0 Å². The van der Waals surface area contributed by atoms with E-state index in [-0.39, 0.29) is 19.1 Å². The van der Waals surface area contributed by atoms with Crippen molar-refractivity contribution in [1.82, 2.24) is 9.62 Å². The van der Waals surface area contributed by atoms with Crippen molar-refractivity contribution in [2.45, 2.75) is 12.5 Å². The predicted octanol–water partition coefficient (Wildman–Crippen LogP) is 3.22. The number of anilines is 1. The summed E-state index contributed by atoms with van der Waals surface area (Å²) in [6, 6.07) is 10.8. The van der Waals surface area contributed by atoms with Crippen LogP contribution in [0.5, 0.6) is 0 Å². The standard InChI is InChI=1S/C18H22Cl2N3O5PS/c1-23-10-16(15-8-13(19)9-18(20)17(15)11-23)12-3-2-4-14(7-12)22-30(26,27)21-5-6-28-29(24)25/h2-4,7-9,16,21-22,29H,5-6,10-11H2,1H3,(H,24,25). The normalized spacial score (nSPS) is 18.1. The van der Waals surface area contributed by atoms with E-state index >= 15 is 0 Å². The zero-order chi connectivity index (χ0) is 21.9. The highest BCUT2D eigenvalue weighted by molar-refractivity contribution is 7.90. The predicted molar refractivity (Wildman–Crippen MR) is 119 cm³/mol. The fourth-order valence-electron chi connectivity index (χ4n) is 3.46. The Morgan fingerprint density at radius 1 is 1.30 bits per heavy atom. The summed E-state index contributed by atoms with van der Waals surface area (Å²) in [6.07, 6.45) is 0. The lowest BCUT2D eigenvalue weighted by Gasteiger charge is -2.33. The van der Waals surface area contributed by atoms with Crippen LogP contribution >= 0.6 is 31.5 Å². The summed E-state index contributed by atoms with van der Waals surface area (Å²) >= 11 is 12.6. The molecule has 2 atom stereocenters. The van der Waals surface area contributed by atoms with E-state index in [0.29, 0.717) is 22.3 Å². The van der Waals surface area contributed by atoms with Crippen molar-refractivity contribution in [3.05, 3.63) is 63.1 Å². The number of rotatable bonds is 8. The second-order valence-corrected chi connectivity index (χ2v) is 10.1. The van der Waals surface area contributed by atoms with Gasteiger partial charge in [0, 0.05) is 35.6 Å². The molecular formula is C18H22Cl2N3O5PS. The van der Waals surface area contributed by atoms with Gasteiger partial charge in [0.1, 0.15) is 0 Å². The molecule has 0 amide bonds. The van der Waals surface area contributed by atoms with Gasteiger partial charge in [-0.2, -0.15) is 13.1 Å². The number of hydrogen-bond acceptors (Lipinski definition) is 5. The van der Waals surface area contributed by atoms with Crippen molar-refractivity contribution >= 4 is 47.4 Å². The highest BCUT2D eigenvalue weighted by Crippen LogP contribution is 2.38. The summed E-state index contributed by atoms with van der Waals surface area (Å²) < 4.78 is 44.1. The first-order valence-electron chi connectivity index (χ1n) is 9.04. The summed E-state index contributed by atoms with van der Waals surface area (Å²) in [4.78, 5) is 10.8. The Morgan fingerprint density at radius 2 is 2.07 bits per heavy atom. The first-order valence-corrected chi connectivity index (χ1v) is 12.5. The van der Waals surface area contributed by atoms with E-state index in [2.05, 4.69) is 18.9 Å². The average Bonchev–Trinajstić information content (AvgIpc) is 2.65. The molecule has 0 spiro atoms. The summed E-state index contributed by atoms with van der Waals surface area (Å²) in [7, 11) is -4.96. The van der Waals surface area contributed by atoms with Gasteiger partial charge in [0.2, 0.25) is 0 Å². The molecule has 0 radical (unpaired) electrons. The van der Waals surface area contributed by atoms with Crippen molar-refractivity contribution < 1.29 is 22.4 Å². The molecule has 1 heterocycles. The van der Waals surface area contributed by atoms with Crippen molar-refractivity contribution in [2.24, 2.45) is 0 Å². The number of nitrogens with zero attached hydrogens (tertiary/aromatic N) is 1. The third-order valence-electron chi connectivity index (χ3n) is 4.65. The molecule has 3 rings (SSSR count). The third kappa shape index (κ3) is 6.18. The Hall–Kier alpha value is -1.16. The minimum atomic E-state index is -3.87. The number of benzene rings is 2. The lowest BCUT2D eigenvalue weighted by atomic mass is 9.84. The van der Waals surface area contributed by atoms with Gasteiger partial charge in [0.25, 0.3) is 10.2 Å². The van der Waals surface area contributed by atoms with E-state index in [1.54, 1.807) is 24.3 Å². The van der Waals surface area contributed by atoms with E-state index in [9.17, 15) is 13.0 Å². The second-order valence-electron chi connectivity index (χ2n) is 6.94. The first-order chi connectivity index (χ1) is 14.1. The molecule has 2 unspecified atom stereocenters. The number of hydrogen-bond donors (Lipinski definition) is 3. The van der Waals surface area contributed by atoms with Crippen LogP contribution in [0.25, 0.3) is 0 Å². The highest BCUT2D eigenvalue weighted by Gasteiger charge is 2.27. The number of nitrogens with one attached hydrogen (secondary N) is 2. The molecule has 0 aliphatic carbocycles. The molecule has 2 aromatic carbocycles. The maximum atomic E-state index is 12.2. The van der Waals surface area contributed by atoms with Gasteiger partial charge in [-0.3, -0.25) is 9.29 Å². The molecule has 8 nitrogen and oxygen atoms in total. The van der Waals surface area contributed by atoms with Crippen LogP contribution in [0, 0.1) is 0 Å². The average molecular weight is 494 g/mol. The highest BCUT2D eigenvalue weighted by atomic mass is 35.5. The van der Waals surface area contributed by atoms with Crippen molar-refractivity contribution in [2.75, 3.05) is 31.5 Å². The lowest BCUT2D eigenvalue weighted by molar-refractivity contribution is 0.286. The topological polar surface area (TPSA) is 108 Å². The Kier molecular flexibility index (Phi) is 7.81. The molecule has 3 N–H and O–H groups in total. The lowest BCUT2D eigenvalue weighted by Crippen LogP contribution is -2.33. The maximum Gasteiger partial charge on any atom is 0.316 e. The quantitative estimate of drug-likeness (QED) is 0.384. The van der Waals surface area contributed by atoms with E-state index in [0.717, 1.165) is 23.2 Å². The maximum absolute atomic E-state index is 12.2. The number of halogens is 2. The van der Waals surface area contributed by atoms with Crippen LogP contribution in [0.15, 0.2) is 36.4 Å². The van der Waals surface area contributed by atoms with E-state index in [1.807, 2.05) is 19.2 Å². The summed E-state index contributed by atoms with van der Waals surface area (Å²) in [5.41, 5.74) is 3.35. The Labute approximate surface area is 186 Å². The molecule has 0 fully saturated rings. The SMILES string of the molecule is CN1Cc2c(Cl)cc(Cl)cc2C(c2cccc(NS(=O)(=O)NCCO[PH](=O)O)c2)C1. The van der Waals surface area contributed by atoms with Crippen LogP contribution in [0.2, 0.25) is 10.0 Å². The zero-order valence-electron chi connectivity index (χ0n) is 16.1. The van der Waals surface area contributed by atoms with Gasteiger partial charge < -0.3 is 14.3 Å². The summed E-state index contributed by atoms with van der Waals surface area (Å²) in [6.45, 7) is 1.10. The molecular weight excluding hydrogens is 472 g/mol. The van der Waals surface area contributed by atoms with E-state index in [1.165, 1.54) is 0 Å². The first kappa shape index (κ1) is 23.5. The zero-order valence-corrected chi connectivity index (χ0v) is 19.4. The fourth-order valence-corrected chi connectivity index (χ4v) is 5.16. The van der Waals surface area contributed by atoms with Gasteiger partial charge in [-0.15, -0.1) is 0 Å². The molecule has 164 valence electrons. The van der Waals surface area contributed by atoms with Gasteiger partial charge in [0.05, 0.1) is 12.3 Å². The minimum absolute atomic E-state index is 0.0251. The van der Waals surface area contributed by atoms with Crippen molar-refractivity contribution in [3.8, 4) is 0 Å². The largest absolute Gasteiger partial charge is 0.326 e. The van der Waals surface area contributed by atoms with Crippen LogP contribution in [0.1, 0.15) is 22.6 Å². The van der Waals surface area contributed by atoms with Crippen LogP contribution in [0.4, 0.5) is 5.69 Å². The smallest absolute Gasteiger partial charge is 0.316 e. The van der Waals surface area contributed by atoms with Gasteiger partial charge >= 0.3 is 8.25 Å². The van der Waals surface area contributed by atoms with Gasteiger partial charge in [0.15, 0.2) is 0 Å². The van der Waals surface area contributed by atoms with Crippen LogP contribution < -0.4 is 9.44 Å². The molecule has 0 saturated carbocycles. The molecule has 0 saturated heterocycles. The van der Waals surface area contributed by atoms with Crippen LogP contribution in [-0.4, -0.2) is 45.0 Å². The second kappa shape index (κ2) is 9.97. The Balaban J connectivity index is 1.80. The third-order valence-corrected chi connectivity index (χ3v) is 6.75. The van der Waals surface area contributed by atoms with Crippen LogP contribution in [-0.2, 0) is 25.8 Å². The molecule has 0 bridgehead atoms. The summed E-state index contributed by atoms with van der Waals surface area (Å²) in [5.74, 6) is -0.0251. The number of likely N-dealkylation sites (N-methyl/N-ethyl adjacent to an activating group) is 1. The van der Waals surface area contributed by atoms with Gasteiger partial charge in [-0.05, 0) is 48.0 Å². The van der Waals surface area contributed by atoms with Crippen molar-refractivity contribution in [1.29, 1.82) is 0 Å². The molecule has 12 heteroatoms.